The number of rotatable bonds is 7. The van der Waals surface area contributed by atoms with Gasteiger partial charge in [0.25, 0.3) is 5.69 Å². The molecule has 1 fully saturated rings. The van der Waals surface area contributed by atoms with Gasteiger partial charge in [-0.1, -0.05) is 12.8 Å². The highest BCUT2D eigenvalue weighted by molar-refractivity contribution is 5.44. The fourth-order valence-electron chi connectivity index (χ4n) is 2.91. The minimum Gasteiger partial charge on any atom is -0.491 e. The van der Waals surface area contributed by atoms with Gasteiger partial charge < -0.3 is 15.2 Å². The van der Waals surface area contributed by atoms with Gasteiger partial charge in [0, 0.05) is 29.8 Å². The van der Waals surface area contributed by atoms with Gasteiger partial charge in [0.2, 0.25) is 0 Å². The van der Waals surface area contributed by atoms with Crippen LogP contribution in [0.25, 0.3) is 0 Å². The van der Waals surface area contributed by atoms with Crippen molar-refractivity contribution in [1.82, 2.24) is 5.32 Å². The number of nitro benzene ring substituents is 1. The van der Waals surface area contributed by atoms with Gasteiger partial charge in [0.1, 0.15) is 5.75 Å². The molecule has 6 heteroatoms. The molecule has 0 unspecified atom stereocenters. The van der Waals surface area contributed by atoms with Crippen molar-refractivity contribution in [1.29, 1.82) is 0 Å². The maximum absolute atomic E-state index is 11.0. The summed E-state index contributed by atoms with van der Waals surface area (Å²) in [7, 11) is 0. The number of ether oxygens (including phenoxy) is 1. The lowest BCUT2D eigenvalue weighted by Gasteiger charge is -2.28. The molecule has 0 bridgehead atoms. The highest BCUT2D eigenvalue weighted by Crippen LogP contribution is 2.31. The Morgan fingerprint density at radius 3 is 2.64 bits per heavy atom. The molecule has 0 aliphatic heterocycles. The van der Waals surface area contributed by atoms with Crippen LogP contribution < -0.4 is 10.1 Å². The number of nitrogens with zero attached hydrogens (tertiary/aromatic N) is 1. The van der Waals surface area contributed by atoms with E-state index in [1.165, 1.54) is 6.07 Å². The highest BCUT2D eigenvalue weighted by Gasteiger charge is 2.32. The predicted molar refractivity (Wildman–Crippen MR) is 84.0 cm³/mol. The molecule has 1 aromatic carbocycles. The summed E-state index contributed by atoms with van der Waals surface area (Å²) in [5.74, 6) is 0.652. The summed E-state index contributed by atoms with van der Waals surface area (Å²) in [5, 5.41) is 24.0. The van der Waals surface area contributed by atoms with Crippen molar-refractivity contribution in [2.45, 2.75) is 57.7 Å². The standard InChI is InChI=1S/C16H24N2O4/c1-12(2)22-15-6-5-14(18(20)21)9-13(15)10-17-16(11-19)7-3-4-8-16/h5-6,9,12,17,19H,3-4,7-8,10-11H2,1-2H3. The predicted octanol–water partition coefficient (Wildman–Crippen LogP) is 2.78. The molecule has 1 aliphatic rings. The minimum absolute atomic E-state index is 0.00140. The maximum atomic E-state index is 11.0. The van der Waals surface area contributed by atoms with Gasteiger partial charge in [-0.3, -0.25) is 10.1 Å². The van der Waals surface area contributed by atoms with Crippen LogP contribution in [0.1, 0.15) is 45.1 Å². The Bertz CT molecular complexity index is 525. The number of hydrogen-bond acceptors (Lipinski definition) is 5. The zero-order valence-corrected chi connectivity index (χ0v) is 13.2. The van der Waals surface area contributed by atoms with E-state index in [1.54, 1.807) is 12.1 Å². The first-order chi connectivity index (χ1) is 10.5. The molecule has 2 N–H and O–H groups in total. The van der Waals surface area contributed by atoms with Crippen LogP contribution in [0.5, 0.6) is 5.75 Å². The zero-order valence-electron chi connectivity index (χ0n) is 13.2. The molecule has 1 saturated carbocycles. The highest BCUT2D eigenvalue weighted by atomic mass is 16.6. The number of nitro groups is 1. The number of aliphatic hydroxyl groups excluding tert-OH is 1. The fraction of sp³-hybridized carbons (Fsp3) is 0.625. The molecule has 0 spiro atoms. The van der Waals surface area contributed by atoms with Gasteiger partial charge in [-0.15, -0.1) is 0 Å². The second-order valence-electron chi connectivity index (χ2n) is 6.21. The average molecular weight is 308 g/mol. The molecule has 1 aromatic rings. The first-order valence-corrected chi connectivity index (χ1v) is 7.76. The van der Waals surface area contributed by atoms with Crippen molar-refractivity contribution in [3.8, 4) is 5.75 Å². The van der Waals surface area contributed by atoms with Crippen LogP contribution in [0.2, 0.25) is 0 Å². The van der Waals surface area contributed by atoms with Gasteiger partial charge in [0.05, 0.1) is 17.6 Å². The molecule has 6 nitrogen and oxygen atoms in total. The molecule has 2 rings (SSSR count). The van der Waals surface area contributed by atoms with Gasteiger partial charge in [-0.2, -0.15) is 0 Å². The smallest absolute Gasteiger partial charge is 0.270 e. The normalized spacial score (nSPS) is 16.9. The monoisotopic (exact) mass is 308 g/mol. The molecule has 0 amide bonds. The lowest BCUT2D eigenvalue weighted by atomic mass is 9.98. The summed E-state index contributed by atoms with van der Waals surface area (Å²) in [5.41, 5.74) is 0.541. The van der Waals surface area contributed by atoms with E-state index < -0.39 is 4.92 Å². The summed E-state index contributed by atoms with van der Waals surface area (Å²) in [4.78, 5) is 10.6. The molecular formula is C16H24N2O4. The molecule has 0 atom stereocenters. The van der Waals surface area contributed by atoms with Crippen molar-refractivity contribution in [3.63, 3.8) is 0 Å². The molecular weight excluding hydrogens is 284 g/mol. The van der Waals surface area contributed by atoms with E-state index in [2.05, 4.69) is 5.32 Å². The summed E-state index contributed by atoms with van der Waals surface area (Å²) in [6.45, 7) is 4.38. The van der Waals surface area contributed by atoms with Crippen LogP contribution >= 0.6 is 0 Å². The number of aliphatic hydroxyl groups is 1. The first-order valence-electron chi connectivity index (χ1n) is 7.76. The number of hydrogen-bond donors (Lipinski definition) is 2. The van der Waals surface area contributed by atoms with E-state index in [9.17, 15) is 15.2 Å². The Kier molecular flexibility index (Phi) is 5.37. The summed E-state index contributed by atoms with van der Waals surface area (Å²) >= 11 is 0. The number of non-ortho nitro benzene ring substituents is 1. The first kappa shape index (κ1) is 16.7. The van der Waals surface area contributed by atoms with Gasteiger partial charge in [0.15, 0.2) is 0 Å². The molecule has 0 radical (unpaired) electrons. The van der Waals surface area contributed by atoms with E-state index in [0.29, 0.717) is 12.3 Å². The molecule has 0 heterocycles. The van der Waals surface area contributed by atoms with Crippen LogP contribution in [0.4, 0.5) is 5.69 Å². The van der Waals surface area contributed by atoms with Crippen molar-refractivity contribution < 1.29 is 14.8 Å². The number of nitrogens with one attached hydrogen (secondary N) is 1. The second-order valence-corrected chi connectivity index (χ2v) is 6.21. The molecule has 1 aliphatic carbocycles. The molecule has 0 aromatic heterocycles. The second kappa shape index (κ2) is 7.07. The Morgan fingerprint density at radius 2 is 2.09 bits per heavy atom. The lowest BCUT2D eigenvalue weighted by molar-refractivity contribution is -0.384. The molecule has 0 saturated heterocycles. The Balaban J connectivity index is 2.18. The van der Waals surface area contributed by atoms with Crippen molar-refractivity contribution >= 4 is 5.69 Å². The summed E-state index contributed by atoms with van der Waals surface area (Å²) in [6.07, 6.45) is 4.05. The topological polar surface area (TPSA) is 84.6 Å². The lowest BCUT2D eigenvalue weighted by Crippen LogP contribution is -2.45. The van der Waals surface area contributed by atoms with Crippen molar-refractivity contribution in [2.24, 2.45) is 0 Å². The van der Waals surface area contributed by atoms with Gasteiger partial charge in [-0.05, 0) is 32.8 Å². The Morgan fingerprint density at radius 1 is 1.41 bits per heavy atom. The van der Waals surface area contributed by atoms with E-state index in [1.807, 2.05) is 13.8 Å². The van der Waals surface area contributed by atoms with Crippen LogP contribution in [0, 0.1) is 10.1 Å². The van der Waals surface area contributed by atoms with E-state index in [-0.39, 0.29) is 23.9 Å². The van der Waals surface area contributed by atoms with E-state index in [4.69, 9.17) is 4.74 Å². The Labute approximate surface area is 130 Å². The fourth-order valence-corrected chi connectivity index (χ4v) is 2.91. The van der Waals surface area contributed by atoms with Crippen LogP contribution in [-0.4, -0.2) is 28.3 Å². The van der Waals surface area contributed by atoms with Gasteiger partial charge in [-0.25, -0.2) is 0 Å². The summed E-state index contributed by atoms with van der Waals surface area (Å²) < 4.78 is 5.74. The van der Waals surface area contributed by atoms with Crippen LogP contribution in [-0.2, 0) is 6.54 Å². The van der Waals surface area contributed by atoms with E-state index >= 15 is 0 Å². The van der Waals surface area contributed by atoms with Gasteiger partial charge >= 0.3 is 0 Å². The third-order valence-electron chi connectivity index (χ3n) is 4.13. The zero-order chi connectivity index (χ0) is 16.2. The third-order valence-corrected chi connectivity index (χ3v) is 4.13. The SMILES string of the molecule is CC(C)Oc1ccc([N+](=O)[O-])cc1CNC1(CO)CCCC1. The van der Waals surface area contributed by atoms with Crippen molar-refractivity contribution in [2.75, 3.05) is 6.61 Å². The molecule has 22 heavy (non-hydrogen) atoms. The minimum atomic E-state index is -0.403. The third kappa shape index (κ3) is 3.96. The largest absolute Gasteiger partial charge is 0.491 e. The summed E-state index contributed by atoms with van der Waals surface area (Å²) in [6, 6.07) is 4.65. The van der Waals surface area contributed by atoms with Crippen molar-refractivity contribution in [3.05, 3.63) is 33.9 Å². The van der Waals surface area contributed by atoms with E-state index in [0.717, 1.165) is 31.2 Å². The quantitative estimate of drug-likeness (QED) is 0.597. The molecule has 122 valence electrons. The maximum Gasteiger partial charge on any atom is 0.270 e. The van der Waals surface area contributed by atoms with Crippen LogP contribution in [0.15, 0.2) is 18.2 Å². The number of benzene rings is 1. The van der Waals surface area contributed by atoms with Crippen LogP contribution in [0.3, 0.4) is 0 Å². The Hall–Kier alpha value is -1.66. The average Bonchev–Trinajstić information content (AvgIpc) is 2.95.